The molecule has 2 bridgehead atoms. The summed E-state index contributed by atoms with van der Waals surface area (Å²) in [4.78, 5) is 5.58. The largest absolute Gasteiger partial charge is 0.295 e. The Balaban J connectivity index is 2.03. The summed E-state index contributed by atoms with van der Waals surface area (Å²) >= 11 is 2.03. The van der Waals surface area contributed by atoms with Crippen LogP contribution in [0.4, 0.5) is 0 Å². The third-order valence-electron chi connectivity index (χ3n) is 2.26. The quantitative estimate of drug-likeness (QED) is 0.525. The van der Waals surface area contributed by atoms with E-state index in [1.807, 2.05) is 16.8 Å². The van der Waals surface area contributed by atoms with Crippen LogP contribution in [0, 0.1) is 0 Å². The van der Waals surface area contributed by atoms with Crippen LogP contribution in [0.3, 0.4) is 0 Å². The van der Waals surface area contributed by atoms with Crippen molar-refractivity contribution < 1.29 is 4.84 Å². The zero-order valence-corrected chi connectivity index (χ0v) is 7.06. The van der Waals surface area contributed by atoms with Crippen molar-refractivity contribution in [3.8, 4) is 0 Å². The average Bonchev–Trinajstić information content (AvgIpc) is 2.18. The van der Waals surface area contributed by atoms with Crippen molar-refractivity contribution in [2.24, 2.45) is 0 Å². The summed E-state index contributed by atoms with van der Waals surface area (Å²) in [6, 6.07) is 0.708. The summed E-state index contributed by atoms with van der Waals surface area (Å²) in [6.07, 6.45) is 3.07. The Kier molecular flexibility index (Phi) is 1.89. The van der Waals surface area contributed by atoms with Gasteiger partial charge in [-0.1, -0.05) is 0 Å². The number of hydrogen-bond acceptors (Lipinski definition) is 3. The lowest BCUT2D eigenvalue weighted by Gasteiger charge is -2.18. The maximum absolute atomic E-state index is 5.58. The summed E-state index contributed by atoms with van der Waals surface area (Å²) < 4.78 is 0. The lowest BCUT2D eigenvalue weighted by Crippen LogP contribution is -2.25. The number of fused-ring (bicyclic) bond motifs is 2. The van der Waals surface area contributed by atoms with Crippen molar-refractivity contribution >= 4 is 11.8 Å². The van der Waals surface area contributed by atoms with Crippen LogP contribution in [-0.2, 0) is 4.84 Å². The molecule has 0 spiro atoms. The zero-order chi connectivity index (χ0) is 6.97. The van der Waals surface area contributed by atoms with Crippen molar-refractivity contribution in [1.29, 1.82) is 0 Å². The first-order valence-corrected chi connectivity index (χ1v) is 4.99. The maximum Gasteiger partial charge on any atom is 0.0899 e. The molecular formula is C7H13NOS. The van der Waals surface area contributed by atoms with Gasteiger partial charge in [-0.25, -0.2) is 0 Å². The summed E-state index contributed by atoms with van der Waals surface area (Å²) in [6.45, 7) is 0. The van der Waals surface area contributed by atoms with E-state index in [0.717, 1.165) is 0 Å². The minimum absolute atomic E-state index is 0.516. The Morgan fingerprint density at radius 3 is 3.40 bits per heavy atom. The van der Waals surface area contributed by atoms with Gasteiger partial charge < -0.3 is 0 Å². The summed E-state index contributed by atoms with van der Waals surface area (Å²) in [5, 5.41) is 2.05. The van der Waals surface area contributed by atoms with E-state index in [4.69, 9.17) is 4.84 Å². The topological polar surface area (TPSA) is 12.5 Å². The summed E-state index contributed by atoms with van der Waals surface area (Å²) in [5.41, 5.74) is 0. The molecule has 58 valence electrons. The van der Waals surface area contributed by atoms with Gasteiger partial charge in [-0.05, 0) is 18.6 Å². The molecule has 0 aromatic heterocycles. The summed E-state index contributed by atoms with van der Waals surface area (Å²) in [7, 11) is 2.06. The van der Waals surface area contributed by atoms with Crippen LogP contribution in [0.25, 0.3) is 0 Å². The molecule has 0 amide bonds. The van der Waals surface area contributed by atoms with Gasteiger partial charge >= 0.3 is 0 Å². The molecular weight excluding hydrogens is 146 g/mol. The van der Waals surface area contributed by atoms with E-state index in [2.05, 4.69) is 7.05 Å². The highest BCUT2D eigenvalue weighted by Crippen LogP contribution is 2.29. The monoisotopic (exact) mass is 159 g/mol. The van der Waals surface area contributed by atoms with E-state index in [0.29, 0.717) is 12.1 Å². The molecule has 0 aromatic carbocycles. The number of hydroxylamine groups is 2. The Labute approximate surface area is 65.9 Å². The van der Waals surface area contributed by atoms with Crippen LogP contribution in [0.1, 0.15) is 12.8 Å². The van der Waals surface area contributed by atoms with Crippen molar-refractivity contribution in [3.05, 3.63) is 0 Å². The number of nitrogens with zero attached hydrogens (tertiary/aromatic N) is 1. The Bertz CT molecular complexity index is 131. The lowest BCUT2D eigenvalue weighted by atomic mass is 10.1. The molecule has 2 fully saturated rings. The van der Waals surface area contributed by atoms with Crippen LogP contribution in [0.2, 0.25) is 0 Å². The highest BCUT2D eigenvalue weighted by molar-refractivity contribution is 7.99. The van der Waals surface area contributed by atoms with E-state index in [-0.39, 0.29) is 0 Å². The number of rotatable bonds is 0. The minimum atomic E-state index is 0.516. The second-order valence-corrected chi connectivity index (χ2v) is 4.18. The molecule has 10 heavy (non-hydrogen) atoms. The van der Waals surface area contributed by atoms with Gasteiger partial charge in [-0.2, -0.15) is 16.8 Å². The third kappa shape index (κ3) is 1.18. The molecule has 2 aliphatic rings. The molecule has 2 atom stereocenters. The highest BCUT2D eigenvalue weighted by Gasteiger charge is 2.32. The Morgan fingerprint density at radius 2 is 2.50 bits per heavy atom. The molecule has 0 aromatic rings. The standard InChI is InChI=1S/C7H13NOS/c1-8-6-2-3-10-5-7(4-6)9-8/h6-7H,2-5H2,1H3/t6-,7-/m1/s1. The Hall–Kier alpha value is 0.270. The summed E-state index contributed by atoms with van der Waals surface area (Å²) in [5.74, 6) is 2.51. The molecule has 2 aliphatic heterocycles. The second kappa shape index (κ2) is 2.72. The first-order chi connectivity index (χ1) is 4.86. The molecule has 0 radical (unpaired) electrons. The van der Waals surface area contributed by atoms with Crippen LogP contribution in [0.5, 0.6) is 0 Å². The minimum Gasteiger partial charge on any atom is -0.295 e. The van der Waals surface area contributed by atoms with Gasteiger partial charge in [0.25, 0.3) is 0 Å². The smallest absolute Gasteiger partial charge is 0.0899 e. The Morgan fingerprint density at radius 1 is 1.60 bits per heavy atom. The van der Waals surface area contributed by atoms with Gasteiger partial charge in [-0.15, -0.1) is 0 Å². The van der Waals surface area contributed by atoms with E-state index in [1.54, 1.807) is 0 Å². The molecule has 3 heteroatoms. The second-order valence-electron chi connectivity index (χ2n) is 3.03. The van der Waals surface area contributed by atoms with Crippen LogP contribution in [-0.4, -0.2) is 35.8 Å². The van der Waals surface area contributed by atoms with Crippen molar-refractivity contribution in [3.63, 3.8) is 0 Å². The molecule has 2 nitrogen and oxygen atoms in total. The number of hydrogen-bond donors (Lipinski definition) is 0. The first-order valence-electron chi connectivity index (χ1n) is 3.83. The molecule has 2 rings (SSSR count). The highest BCUT2D eigenvalue weighted by atomic mass is 32.2. The van der Waals surface area contributed by atoms with Crippen LogP contribution < -0.4 is 0 Å². The molecule has 2 heterocycles. The molecule has 2 saturated heterocycles. The van der Waals surface area contributed by atoms with E-state index >= 15 is 0 Å². The van der Waals surface area contributed by atoms with Gasteiger partial charge in [0.05, 0.1) is 6.10 Å². The van der Waals surface area contributed by atoms with Gasteiger partial charge in [0.2, 0.25) is 0 Å². The fourth-order valence-electron chi connectivity index (χ4n) is 1.65. The molecule has 0 saturated carbocycles. The van der Waals surface area contributed by atoms with Crippen LogP contribution in [0.15, 0.2) is 0 Å². The average molecular weight is 159 g/mol. The number of thioether (sulfide) groups is 1. The van der Waals surface area contributed by atoms with E-state index in [1.165, 1.54) is 24.3 Å². The van der Waals surface area contributed by atoms with Gasteiger partial charge in [-0.3, -0.25) is 4.84 Å². The maximum atomic E-state index is 5.58. The lowest BCUT2D eigenvalue weighted by molar-refractivity contribution is -0.137. The van der Waals surface area contributed by atoms with E-state index in [9.17, 15) is 0 Å². The normalized spacial score (nSPS) is 41.7. The zero-order valence-electron chi connectivity index (χ0n) is 6.25. The van der Waals surface area contributed by atoms with Crippen molar-refractivity contribution in [1.82, 2.24) is 5.06 Å². The van der Waals surface area contributed by atoms with Gasteiger partial charge in [0.15, 0.2) is 0 Å². The van der Waals surface area contributed by atoms with E-state index < -0.39 is 0 Å². The third-order valence-corrected chi connectivity index (χ3v) is 3.40. The molecule has 0 N–H and O–H groups in total. The molecule has 0 aliphatic carbocycles. The van der Waals surface area contributed by atoms with Crippen molar-refractivity contribution in [2.45, 2.75) is 25.0 Å². The van der Waals surface area contributed by atoms with Crippen molar-refractivity contribution in [2.75, 3.05) is 18.6 Å². The fraction of sp³-hybridized carbons (Fsp3) is 1.00. The van der Waals surface area contributed by atoms with Crippen LogP contribution >= 0.6 is 11.8 Å². The predicted molar refractivity (Wildman–Crippen MR) is 43.0 cm³/mol. The van der Waals surface area contributed by atoms with Gasteiger partial charge in [0, 0.05) is 18.8 Å². The predicted octanol–water partition coefficient (Wildman–Crippen LogP) is 1.13. The molecule has 0 unspecified atom stereocenters. The SMILES string of the molecule is CN1O[C@H]2CSCC[C@@H]1C2. The fourth-order valence-corrected chi connectivity index (χ4v) is 2.71. The first kappa shape index (κ1) is 6.95. The van der Waals surface area contributed by atoms with Gasteiger partial charge in [0.1, 0.15) is 0 Å².